The Morgan fingerprint density at radius 3 is 2.47 bits per heavy atom. The Hall–Kier alpha value is -4.26. The lowest BCUT2D eigenvalue weighted by Gasteiger charge is -2.26. The van der Waals surface area contributed by atoms with Gasteiger partial charge in [-0.25, -0.2) is 14.1 Å². The molecule has 1 saturated heterocycles. The van der Waals surface area contributed by atoms with Gasteiger partial charge in [-0.15, -0.1) is 0 Å². The zero-order chi connectivity index (χ0) is 22.7. The summed E-state index contributed by atoms with van der Waals surface area (Å²) < 4.78 is 19.0. The van der Waals surface area contributed by atoms with Gasteiger partial charge in [0.25, 0.3) is 11.8 Å². The van der Waals surface area contributed by atoms with Crippen molar-refractivity contribution in [2.75, 3.05) is 4.90 Å². The molecular formula is C25H19FN2O4. The zero-order valence-electron chi connectivity index (χ0n) is 17.2. The van der Waals surface area contributed by atoms with E-state index in [1.54, 1.807) is 60.7 Å². The molecule has 1 N–H and O–H groups in total. The molecule has 160 valence electrons. The van der Waals surface area contributed by atoms with Crippen LogP contribution in [0.4, 0.5) is 14.9 Å². The molecule has 0 radical (unpaired) electrons. The van der Waals surface area contributed by atoms with E-state index in [4.69, 9.17) is 4.74 Å². The summed E-state index contributed by atoms with van der Waals surface area (Å²) in [5.41, 5.74) is 2.37. The maximum absolute atomic E-state index is 13.3. The molecule has 1 heterocycles. The van der Waals surface area contributed by atoms with Crippen LogP contribution in [0.2, 0.25) is 0 Å². The fraction of sp³-hybridized carbons (Fsp3) is 0.0800. The Balaban J connectivity index is 1.57. The maximum atomic E-state index is 13.3. The highest BCUT2D eigenvalue weighted by Crippen LogP contribution is 2.23. The van der Waals surface area contributed by atoms with E-state index in [2.05, 4.69) is 5.32 Å². The third-order valence-corrected chi connectivity index (χ3v) is 4.86. The number of urea groups is 1. The molecule has 7 heteroatoms. The van der Waals surface area contributed by atoms with E-state index >= 15 is 0 Å². The Morgan fingerprint density at radius 1 is 0.969 bits per heavy atom. The van der Waals surface area contributed by atoms with Crippen LogP contribution in [0.1, 0.15) is 16.7 Å². The number of hydrogen-bond acceptors (Lipinski definition) is 4. The summed E-state index contributed by atoms with van der Waals surface area (Å²) in [6, 6.07) is 18.9. The molecule has 0 unspecified atom stereocenters. The Labute approximate surface area is 183 Å². The van der Waals surface area contributed by atoms with Gasteiger partial charge in [0, 0.05) is 0 Å². The molecule has 4 amide bonds. The van der Waals surface area contributed by atoms with Crippen LogP contribution in [-0.2, 0) is 16.2 Å². The van der Waals surface area contributed by atoms with Crippen LogP contribution in [0, 0.1) is 12.7 Å². The summed E-state index contributed by atoms with van der Waals surface area (Å²) >= 11 is 0. The van der Waals surface area contributed by atoms with Gasteiger partial charge >= 0.3 is 6.03 Å². The highest BCUT2D eigenvalue weighted by Gasteiger charge is 2.36. The Bertz CT molecular complexity index is 1230. The van der Waals surface area contributed by atoms with Crippen LogP contribution < -0.4 is 15.0 Å². The lowest BCUT2D eigenvalue weighted by molar-refractivity contribution is -0.122. The van der Waals surface area contributed by atoms with E-state index in [1.807, 2.05) is 6.92 Å². The zero-order valence-corrected chi connectivity index (χ0v) is 17.2. The van der Waals surface area contributed by atoms with Crippen LogP contribution in [0.25, 0.3) is 6.08 Å². The van der Waals surface area contributed by atoms with Crippen LogP contribution >= 0.6 is 0 Å². The van der Waals surface area contributed by atoms with Crippen molar-refractivity contribution in [3.8, 4) is 5.75 Å². The smallest absolute Gasteiger partial charge is 0.335 e. The number of hydrogen-bond donors (Lipinski definition) is 1. The summed E-state index contributed by atoms with van der Waals surface area (Å²) in [5, 5.41) is 2.20. The molecule has 4 rings (SSSR count). The van der Waals surface area contributed by atoms with Crippen molar-refractivity contribution in [3.05, 3.63) is 101 Å². The fourth-order valence-corrected chi connectivity index (χ4v) is 3.24. The minimum absolute atomic E-state index is 0.160. The van der Waals surface area contributed by atoms with Gasteiger partial charge in [-0.3, -0.25) is 14.9 Å². The van der Waals surface area contributed by atoms with E-state index in [0.29, 0.717) is 22.6 Å². The minimum Gasteiger partial charge on any atom is -0.489 e. The molecule has 0 bridgehead atoms. The van der Waals surface area contributed by atoms with Crippen molar-refractivity contribution in [1.82, 2.24) is 5.32 Å². The number of carbonyl (C=O) groups is 3. The van der Waals surface area contributed by atoms with Crippen molar-refractivity contribution in [2.45, 2.75) is 13.5 Å². The van der Waals surface area contributed by atoms with Crippen molar-refractivity contribution in [1.29, 1.82) is 0 Å². The number of nitrogens with zero attached hydrogens (tertiary/aromatic N) is 1. The highest BCUT2D eigenvalue weighted by atomic mass is 19.1. The maximum Gasteiger partial charge on any atom is 0.335 e. The third kappa shape index (κ3) is 4.57. The van der Waals surface area contributed by atoms with Gasteiger partial charge in [-0.1, -0.05) is 42.0 Å². The second-order valence-electron chi connectivity index (χ2n) is 7.28. The molecule has 0 aliphatic carbocycles. The first-order valence-electron chi connectivity index (χ1n) is 9.86. The van der Waals surface area contributed by atoms with Gasteiger partial charge in [-0.05, 0) is 60.5 Å². The molecule has 1 aliphatic heterocycles. The highest BCUT2D eigenvalue weighted by molar-refractivity contribution is 6.39. The summed E-state index contributed by atoms with van der Waals surface area (Å²) in [6.45, 7) is 2.05. The number of amides is 4. The number of imide groups is 2. The van der Waals surface area contributed by atoms with Crippen LogP contribution in [-0.4, -0.2) is 17.8 Å². The first-order chi connectivity index (χ1) is 15.4. The number of aryl methyl sites for hydroxylation is 1. The molecule has 0 atom stereocenters. The average Bonchev–Trinajstić information content (AvgIpc) is 2.77. The second-order valence-corrected chi connectivity index (χ2v) is 7.28. The van der Waals surface area contributed by atoms with Crippen LogP contribution in [0.15, 0.2) is 78.4 Å². The molecule has 1 aliphatic rings. The van der Waals surface area contributed by atoms with Gasteiger partial charge in [0.15, 0.2) is 0 Å². The molecule has 0 spiro atoms. The van der Waals surface area contributed by atoms with E-state index in [0.717, 1.165) is 10.5 Å². The van der Waals surface area contributed by atoms with Crippen molar-refractivity contribution in [2.24, 2.45) is 0 Å². The molecule has 3 aromatic carbocycles. The lowest BCUT2D eigenvalue weighted by atomic mass is 10.1. The second kappa shape index (κ2) is 8.85. The molecule has 3 aromatic rings. The van der Waals surface area contributed by atoms with Gasteiger partial charge in [0.2, 0.25) is 0 Å². The standard InChI is InChI=1S/C25H19FN2O4/c1-16-8-10-20(11-9-16)28-24(30)22(23(29)27-25(28)31)14-17-4-3-7-21(13-17)32-15-18-5-2-6-19(26)12-18/h2-14H,15H2,1H3,(H,27,29,31)/b22-14+. The number of halogens is 1. The van der Waals surface area contributed by atoms with Gasteiger partial charge in [0.05, 0.1) is 5.69 Å². The largest absolute Gasteiger partial charge is 0.489 e. The average molecular weight is 430 g/mol. The Kier molecular flexibility index (Phi) is 5.81. The van der Waals surface area contributed by atoms with Crippen molar-refractivity contribution < 1.29 is 23.5 Å². The quantitative estimate of drug-likeness (QED) is 0.482. The topological polar surface area (TPSA) is 75.7 Å². The number of rotatable bonds is 5. The summed E-state index contributed by atoms with van der Waals surface area (Å²) in [6.07, 6.45) is 1.40. The van der Waals surface area contributed by atoms with Gasteiger partial charge < -0.3 is 4.74 Å². The van der Waals surface area contributed by atoms with E-state index < -0.39 is 17.8 Å². The summed E-state index contributed by atoms with van der Waals surface area (Å²) in [5.74, 6) is -1.35. The number of ether oxygens (including phenoxy) is 1. The predicted octanol–water partition coefficient (Wildman–Crippen LogP) is 4.38. The van der Waals surface area contributed by atoms with E-state index in [1.165, 1.54) is 18.2 Å². The molecule has 0 aromatic heterocycles. The first-order valence-corrected chi connectivity index (χ1v) is 9.86. The summed E-state index contributed by atoms with van der Waals surface area (Å²) in [7, 11) is 0. The van der Waals surface area contributed by atoms with Gasteiger partial charge in [0.1, 0.15) is 23.7 Å². The fourth-order valence-electron chi connectivity index (χ4n) is 3.24. The molecule has 32 heavy (non-hydrogen) atoms. The minimum atomic E-state index is -0.798. The molecule has 0 saturated carbocycles. The number of carbonyl (C=O) groups excluding carboxylic acids is 3. The monoisotopic (exact) mass is 430 g/mol. The van der Waals surface area contributed by atoms with Crippen molar-refractivity contribution in [3.63, 3.8) is 0 Å². The normalized spacial score (nSPS) is 15.1. The molecular weight excluding hydrogens is 411 g/mol. The Morgan fingerprint density at radius 2 is 1.72 bits per heavy atom. The van der Waals surface area contributed by atoms with Crippen LogP contribution in [0.3, 0.4) is 0 Å². The SMILES string of the molecule is Cc1ccc(N2C(=O)NC(=O)/C(=C\c3cccc(OCc4cccc(F)c4)c3)C2=O)cc1. The molecule has 6 nitrogen and oxygen atoms in total. The predicted molar refractivity (Wildman–Crippen MR) is 117 cm³/mol. The van der Waals surface area contributed by atoms with Gasteiger partial charge in [-0.2, -0.15) is 0 Å². The number of barbiturate groups is 1. The van der Waals surface area contributed by atoms with E-state index in [9.17, 15) is 18.8 Å². The number of nitrogens with one attached hydrogen (secondary N) is 1. The number of anilines is 1. The summed E-state index contributed by atoms with van der Waals surface area (Å²) in [4.78, 5) is 38.6. The van der Waals surface area contributed by atoms with E-state index in [-0.39, 0.29) is 18.0 Å². The van der Waals surface area contributed by atoms with Crippen LogP contribution in [0.5, 0.6) is 5.75 Å². The molecule has 1 fully saturated rings. The first kappa shape index (κ1) is 21.0. The van der Waals surface area contributed by atoms with Crippen molar-refractivity contribution >= 4 is 29.6 Å². The number of benzene rings is 3. The third-order valence-electron chi connectivity index (χ3n) is 4.86. The lowest BCUT2D eigenvalue weighted by Crippen LogP contribution is -2.54.